The highest BCUT2D eigenvalue weighted by Crippen LogP contribution is 2.06. The number of aryl methyl sites for hydroxylation is 1. The molecule has 0 bridgehead atoms. The van der Waals surface area contributed by atoms with Crippen molar-refractivity contribution in [1.29, 1.82) is 5.26 Å². The van der Waals surface area contributed by atoms with Gasteiger partial charge in [-0.3, -0.25) is 4.79 Å². The summed E-state index contributed by atoms with van der Waals surface area (Å²) in [4.78, 5) is 23.7. The van der Waals surface area contributed by atoms with Crippen LogP contribution in [0.2, 0.25) is 0 Å². The third kappa shape index (κ3) is 6.11. The van der Waals surface area contributed by atoms with Crippen molar-refractivity contribution in [3.05, 3.63) is 71.3 Å². The monoisotopic (exact) mass is 336 g/mol. The van der Waals surface area contributed by atoms with Crippen molar-refractivity contribution in [3.63, 3.8) is 0 Å². The molecule has 0 aliphatic carbocycles. The fourth-order valence-corrected chi connectivity index (χ4v) is 2.31. The van der Waals surface area contributed by atoms with E-state index in [1.54, 1.807) is 0 Å². The van der Waals surface area contributed by atoms with Gasteiger partial charge >= 0.3 is 5.97 Å². The number of benzene rings is 2. The van der Waals surface area contributed by atoms with E-state index in [1.165, 1.54) is 29.8 Å². The number of carbonyl (C=O) groups is 2. The maximum atomic E-state index is 11.9. The Labute approximate surface area is 147 Å². The molecule has 2 aromatic carbocycles. The number of esters is 1. The van der Waals surface area contributed by atoms with Crippen molar-refractivity contribution in [2.45, 2.75) is 25.8 Å². The van der Waals surface area contributed by atoms with E-state index in [4.69, 9.17) is 10.00 Å². The predicted molar refractivity (Wildman–Crippen MR) is 93.8 cm³/mol. The first-order valence-electron chi connectivity index (χ1n) is 8.09. The normalized spacial score (nSPS) is 11.2. The second-order valence-electron chi connectivity index (χ2n) is 5.76. The molecule has 0 heterocycles. The summed E-state index contributed by atoms with van der Waals surface area (Å²) < 4.78 is 4.99. The summed E-state index contributed by atoms with van der Waals surface area (Å²) >= 11 is 0. The molecule has 1 atom stereocenters. The molecule has 2 aromatic rings. The molecule has 128 valence electrons. The molecule has 5 nitrogen and oxygen atoms in total. The van der Waals surface area contributed by atoms with E-state index in [2.05, 4.69) is 5.32 Å². The van der Waals surface area contributed by atoms with Gasteiger partial charge in [-0.1, -0.05) is 30.3 Å². The van der Waals surface area contributed by atoms with E-state index >= 15 is 0 Å². The van der Waals surface area contributed by atoms with Gasteiger partial charge in [0.2, 0.25) is 0 Å². The van der Waals surface area contributed by atoms with Crippen molar-refractivity contribution in [1.82, 2.24) is 5.32 Å². The van der Waals surface area contributed by atoms with Crippen molar-refractivity contribution < 1.29 is 14.3 Å². The molecule has 0 radical (unpaired) electrons. The first-order valence-corrected chi connectivity index (χ1v) is 8.09. The molecule has 2 rings (SSSR count). The second kappa shape index (κ2) is 9.24. The Hall–Kier alpha value is -3.13. The van der Waals surface area contributed by atoms with Gasteiger partial charge in [0, 0.05) is 6.04 Å². The quantitative estimate of drug-likeness (QED) is 0.789. The zero-order valence-electron chi connectivity index (χ0n) is 14.1. The number of carbonyl (C=O) groups excluding carboxylic acids is 2. The molecule has 5 heteroatoms. The summed E-state index contributed by atoms with van der Waals surface area (Å²) in [7, 11) is 0. The van der Waals surface area contributed by atoms with Crippen LogP contribution < -0.4 is 5.32 Å². The molecule has 0 saturated heterocycles. The smallest absolute Gasteiger partial charge is 0.338 e. The van der Waals surface area contributed by atoms with Gasteiger partial charge in [-0.05, 0) is 49.6 Å². The van der Waals surface area contributed by atoms with Gasteiger partial charge in [0.05, 0.1) is 17.2 Å². The molecule has 0 aliphatic rings. The summed E-state index contributed by atoms with van der Waals surface area (Å²) in [5, 5.41) is 11.5. The number of rotatable bonds is 7. The van der Waals surface area contributed by atoms with Crippen LogP contribution >= 0.6 is 0 Å². The maximum absolute atomic E-state index is 11.9. The number of nitrogens with one attached hydrogen (secondary N) is 1. The minimum atomic E-state index is -0.587. The number of nitrogens with zero attached hydrogens (tertiary/aromatic N) is 1. The molecule has 0 aliphatic heterocycles. The van der Waals surface area contributed by atoms with Crippen LogP contribution in [0.5, 0.6) is 0 Å². The van der Waals surface area contributed by atoms with Gasteiger partial charge in [-0.15, -0.1) is 0 Å². The Kier molecular flexibility index (Phi) is 6.73. The highest BCUT2D eigenvalue weighted by Gasteiger charge is 2.12. The van der Waals surface area contributed by atoms with Crippen LogP contribution in [0.25, 0.3) is 0 Å². The average Bonchev–Trinajstić information content (AvgIpc) is 2.65. The van der Waals surface area contributed by atoms with Gasteiger partial charge in [0.25, 0.3) is 5.91 Å². The van der Waals surface area contributed by atoms with Crippen LogP contribution in [0.1, 0.15) is 34.8 Å². The van der Waals surface area contributed by atoms with Crippen LogP contribution in [0.3, 0.4) is 0 Å². The molecular formula is C20H20N2O3. The number of amides is 1. The lowest BCUT2D eigenvalue weighted by Gasteiger charge is -2.14. The SMILES string of the molecule is CC(CCc1ccccc1)NC(=O)COC(=O)c1ccc(C#N)cc1. The van der Waals surface area contributed by atoms with E-state index < -0.39 is 5.97 Å². The third-order valence-electron chi connectivity index (χ3n) is 3.70. The molecular weight excluding hydrogens is 316 g/mol. The van der Waals surface area contributed by atoms with E-state index in [1.807, 2.05) is 43.3 Å². The Morgan fingerprint density at radius 2 is 1.80 bits per heavy atom. The lowest BCUT2D eigenvalue weighted by Crippen LogP contribution is -2.36. The van der Waals surface area contributed by atoms with E-state index in [-0.39, 0.29) is 18.6 Å². The van der Waals surface area contributed by atoms with Crippen LogP contribution in [0, 0.1) is 11.3 Å². The Morgan fingerprint density at radius 3 is 2.44 bits per heavy atom. The van der Waals surface area contributed by atoms with Crippen LogP contribution in [-0.4, -0.2) is 24.5 Å². The van der Waals surface area contributed by atoms with Crippen molar-refractivity contribution >= 4 is 11.9 Å². The minimum absolute atomic E-state index is 0.0127. The molecule has 1 unspecified atom stereocenters. The summed E-state index contributed by atoms with van der Waals surface area (Å²) in [5.74, 6) is -0.917. The number of ether oxygens (including phenoxy) is 1. The second-order valence-corrected chi connectivity index (χ2v) is 5.76. The molecule has 0 spiro atoms. The summed E-state index contributed by atoms with van der Waals surface area (Å²) in [5.41, 5.74) is 1.99. The fourth-order valence-electron chi connectivity index (χ4n) is 2.31. The standard InChI is InChI=1S/C20H20N2O3/c1-15(7-8-16-5-3-2-4-6-16)22-19(23)14-25-20(24)18-11-9-17(13-21)10-12-18/h2-6,9-12,15H,7-8,14H2,1H3,(H,22,23). The van der Waals surface area contributed by atoms with Gasteiger partial charge in [0.15, 0.2) is 6.61 Å². The van der Waals surface area contributed by atoms with E-state index in [0.29, 0.717) is 11.1 Å². The van der Waals surface area contributed by atoms with Gasteiger partial charge in [-0.25, -0.2) is 4.79 Å². The summed E-state index contributed by atoms with van der Waals surface area (Å²) in [6.07, 6.45) is 1.67. The first-order chi connectivity index (χ1) is 12.1. The maximum Gasteiger partial charge on any atom is 0.338 e. The predicted octanol–water partition coefficient (Wildman–Crippen LogP) is 2.85. The molecule has 1 amide bonds. The third-order valence-corrected chi connectivity index (χ3v) is 3.70. The fraction of sp³-hybridized carbons (Fsp3) is 0.250. The van der Waals surface area contributed by atoms with Gasteiger partial charge in [0.1, 0.15) is 0 Å². The zero-order valence-corrected chi connectivity index (χ0v) is 14.1. The van der Waals surface area contributed by atoms with Crippen molar-refractivity contribution in [3.8, 4) is 6.07 Å². The minimum Gasteiger partial charge on any atom is -0.452 e. The number of hydrogen-bond acceptors (Lipinski definition) is 4. The van der Waals surface area contributed by atoms with Crippen LogP contribution in [0.4, 0.5) is 0 Å². The van der Waals surface area contributed by atoms with Crippen molar-refractivity contribution in [2.24, 2.45) is 0 Å². The summed E-state index contributed by atoms with van der Waals surface area (Å²) in [6, 6.07) is 18.1. The molecule has 1 N–H and O–H groups in total. The van der Waals surface area contributed by atoms with E-state index in [0.717, 1.165) is 12.8 Å². The molecule has 25 heavy (non-hydrogen) atoms. The number of hydrogen-bond donors (Lipinski definition) is 1. The Bertz CT molecular complexity index is 749. The molecule has 0 saturated carbocycles. The highest BCUT2D eigenvalue weighted by molar-refractivity contribution is 5.91. The van der Waals surface area contributed by atoms with Crippen LogP contribution in [0.15, 0.2) is 54.6 Å². The lowest BCUT2D eigenvalue weighted by molar-refractivity contribution is -0.124. The summed E-state index contributed by atoms with van der Waals surface area (Å²) in [6.45, 7) is 1.60. The Balaban J connectivity index is 1.72. The van der Waals surface area contributed by atoms with Gasteiger partial charge in [-0.2, -0.15) is 5.26 Å². The molecule has 0 aromatic heterocycles. The molecule has 0 fully saturated rings. The highest BCUT2D eigenvalue weighted by atomic mass is 16.5. The number of nitriles is 1. The lowest BCUT2D eigenvalue weighted by atomic mass is 10.1. The van der Waals surface area contributed by atoms with E-state index in [9.17, 15) is 9.59 Å². The van der Waals surface area contributed by atoms with Crippen molar-refractivity contribution in [2.75, 3.05) is 6.61 Å². The average molecular weight is 336 g/mol. The topological polar surface area (TPSA) is 79.2 Å². The van der Waals surface area contributed by atoms with Gasteiger partial charge < -0.3 is 10.1 Å². The first kappa shape index (κ1) is 18.2. The largest absolute Gasteiger partial charge is 0.452 e. The Morgan fingerprint density at radius 1 is 1.12 bits per heavy atom. The van der Waals surface area contributed by atoms with Crippen LogP contribution in [-0.2, 0) is 16.0 Å². The zero-order chi connectivity index (χ0) is 18.1.